The van der Waals surface area contributed by atoms with Gasteiger partial charge in [-0.2, -0.15) is 5.26 Å². The molecule has 0 aromatic heterocycles. The SMILES string of the molecule is COc1cc([C@@H]2C(C#N)=C(SCC(=O)Nc3cc(Cl)ccc3Cl)NC(C)=C2C(=O)Nc2ccccc2)ccc1O. The van der Waals surface area contributed by atoms with Gasteiger partial charge >= 0.3 is 0 Å². The van der Waals surface area contributed by atoms with Crippen molar-refractivity contribution in [2.24, 2.45) is 0 Å². The Morgan fingerprint density at radius 1 is 1.10 bits per heavy atom. The van der Waals surface area contributed by atoms with E-state index in [4.69, 9.17) is 27.9 Å². The van der Waals surface area contributed by atoms with Crippen LogP contribution < -0.4 is 20.7 Å². The van der Waals surface area contributed by atoms with Crippen LogP contribution in [0.2, 0.25) is 10.0 Å². The zero-order valence-corrected chi connectivity index (χ0v) is 23.7. The third-order valence-corrected chi connectivity index (χ3v) is 7.59. The van der Waals surface area contributed by atoms with Gasteiger partial charge in [0.25, 0.3) is 5.91 Å². The van der Waals surface area contributed by atoms with E-state index in [9.17, 15) is 20.0 Å². The maximum absolute atomic E-state index is 13.6. The Morgan fingerprint density at radius 3 is 2.55 bits per heavy atom. The van der Waals surface area contributed by atoms with E-state index in [2.05, 4.69) is 22.0 Å². The lowest BCUT2D eigenvalue weighted by Gasteiger charge is -2.30. The molecule has 0 radical (unpaired) electrons. The fraction of sp³-hybridized carbons (Fsp3) is 0.138. The Hall–Kier alpha value is -4.10. The zero-order valence-electron chi connectivity index (χ0n) is 21.4. The summed E-state index contributed by atoms with van der Waals surface area (Å²) in [5.74, 6) is -1.51. The van der Waals surface area contributed by atoms with Crippen molar-refractivity contribution in [2.75, 3.05) is 23.5 Å². The second-order valence-corrected chi connectivity index (χ2v) is 10.5. The summed E-state index contributed by atoms with van der Waals surface area (Å²) in [6, 6.07) is 20.6. The number of carbonyl (C=O) groups is 2. The van der Waals surface area contributed by atoms with Crippen LogP contribution in [0.1, 0.15) is 18.4 Å². The predicted octanol–water partition coefficient (Wildman–Crippen LogP) is 6.41. The topological polar surface area (TPSA) is 123 Å². The fourth-order valence-corrected chi connectivity index (χ4v) is 5.40. The van der Waals surface area contributed by atoms with Crippen molar-refractivity contribution in [2.45, 2.75) is 12.8 Å². The van der Waals surface area contributed by atoms with Crippen molar-refractivity contribution >= 4 is 58.2 Å². The second-order valence-electron chi connectivity index (χ2n) is 8.66. The molecular weight excluding hydrogens is 571 g/mol. The van der Waals surface area contributed by atoms with Gasteiger partial charge in [-0.1, -0.05) is 59.2 Å². The molecule has 0 bridgehead atoms. The summed E-state index contributed by atoms with van der Waals surface area (Å²) >= 11 is 13.3. The van der Waals surface area contributed by atoms with E-state index >= 15 is 0 Å². The number of anilines is 2. The molecule has 2 amide bonds. The average molecular weight is 596 g/mol. The lowest BCUT2D eigenvalue weighted by atomic mass is 9.82. The highest BCUT2D eigenvalue weighted by Gasteiger charge is 2.35. The number of nitrogens with zero attached hydrogens (tertiary/aromatic N) is 1. The van der Waals surface area contributed by atoms with Crippen LogP contribution in [0.25, 0.3) is 0 Å². The number of rotatable bonds is 8. The number of benzene rings is 3. The van der Waals surface area contributed by atoms with Crippen LogP contribution >= 0.6 is 35.0 Å². The maximum atomic E-state index is 13.6. The summed E-state index contributed by atoms with van der Waals surface area (Å²) in [6.07, 6.45) is 0. The molecule has 0 saturated heterocycles. The minimum atomic E-state index is -0.808. The number of dihydropyridines is 1. The number of para-hydroxylation sites is 1. The lowest BCUT2D eigenvalue weighted by molar-refractivity contribution is -0.114. The molecule has 0 saturated carbocycles. The number of thioether (sulfide) groups is 1. The Morgan fingerprint density at radius 2 is 1.85 bits per heavy atom. The van der Waals surface area contributed by atoms with Gasteiger partial charge in [-0.25, -0.2) is 0 Å². The molecule has 8 nitrogen and oxygen atoms in total. The van der Waals surface area contributed by atoms with Gasteiger partial charge in [-0.3, -0.25) is 9.59 Å². The van der Waals surface area contributed by atoms with Gasteiger partial charge in [0, 0.05) is 22.0 Å². The fourth-order valence-electron chi connectivity index (χ4n) is 4.17. The predicted molar refractivity (Wildman–Crippen MR) is 158 cm³/mol. The molecule has 1 heterocycles. The number of ether oxygens (including phenoxy) is 1. The van der Waals surface area contributed by atoms with Gasteiger partial charge in [0.2, 0.25) is 5.91 Å². The first-order valence-electron chi connectivity index (χ1n) is 11.9. The molecule has 1 atom stereocenters. The molecular formula is C29H24Cl2N4O4S. The van der Waals surface area contributed by atoms with Crippen LogP contribution in [0, 0.1) is 11.3 Å². The molecule has 3 aromatic rings. The van der Waals surface area contributed by atoms with Gasteiger partial charge < -0.3 is 25.8 Å². The molecule has 1 aliphatic rings. The number of nitrogens with one attached hydrogen (secondary N) is 3. The highest BCUT2D eigenvalue weighted by atomic mass is 35.5. The third kappa shape index (κ3) is 6.54. The number of carbonyl (C=O) groups excluding carboxylic acids is 2. The van der Waals surface area contributed by atoms with Crippen LogP contribution in [0.15, 0.2) is 88.6 Å². The molecule has 0 unspecified atom stereocenters. The van der Waals surface area contributed by atoms with Gasteiger partial charge in [0.15, 0.2) is 11.5 Å². The summed E-state index contributed by atoms with van der Waals surface area (Å²) in [4.78, 5) is 26.3. The summed E-state index contributed by atoms with van der Waals surface area (Å²) < 4.78 is 5.28. The van der Waals surface area contributed by atoms with Crippen molar-refractivity contribution in [1.82, 2.24) is 5.32 Å². The standard InChI is InChI=1S/C29H24Cl2N4O4S/c1-16-26(28(38)34-19-6-4-3-5-7-19)27(17-8-11-23(36)24(12-17)39-2)20(14-32)29(33-16)40-15-25(37)35-22-13-18(30)9-10-21(22)31/h3-13,27,33,36H,15H2,1-2H3,(H,34,38)(H,35,37)/t27-/m1/s1. The number of nitriles is 1. The Balaban J connectivity index is 1.67. The number of allylic oxidation sites excluding steroid dienone is 2. The normalized spacial score (nSPS) is 14.7. The molecule has 4 rings (SSSR count). The molecule has 0 aliphatic carbocycles. The van der Waals surface area contributed by atoms with Crippen LogP contribution in [0.3, 0.4) is 0 Å². The zero-order chi connectivity index (χ0) is 28.8. The third-order valence-electron chi connectivity index (χ3n) is 6.01. The molecule has 40 heavy (non-hydrogen) atoms. The average Bonchev–Trinajstić information content (AvgIpc) is 2.94. The molecule has 4 N–H and O–H groups in total. The highest BCUT2D eigenvalue weighted by molar-refractivity contribution is 8.03. The van der Waals surface area contributed by atoms with E-state index in [0.29, 0.717) is 43.3 Å². The van der Waals surface area contributed by atoms with Crippen LogP contribution in [-0.2, 0) is 9.59 Å². The van der Waals surface area contributed by atoms with Crippen LogP contribution in [0.4, 0.5) is 11.4 Å². The molecule has 3 aromatic carbocycles. The number of aromatic hydroxyl groups is 1. The van der Waals surface area contributed by atoms with E-state index in [1.54, 1.807) is 61.5 Å². The van der Waals surface area contributed by atoms with E-state index in [1.807, 2.05) is 6.07 Å². The van der Waals surface area contributed by atoms with Crippen molar-refractivity contribution in [3.63, 3.8) is 0 Å². The van der Waals surface area contributed by atoms with E-state index < -0.39 is 11.8 Å². The van der Waals surface area contributed by atoms with Gasteiger partial charge in [0.05, 0.1) is 46.2 Å². The van der Waals surface area contributed by atoms with Crippen LogP contribution in [0.5, 0.6) is 11.5 Å². The van der Waals surface area contributed by atoms with Crippen molar-refractivity contribution in [3.05, 3.63) is 104 Å². The van der Waals surface area contributed by atoms with E-state index in [-0.39, 0.29) is 28.7 Å². The van der Waals surface area contributed by atoms with Gasteiger partial charge in [-0.05, 0) is 55.0 Å². The van der Waals surface area contributed by atoms with Gasteiger partial charge in [-0.15, -0.1) is 0 Å². The Bertz CT molecular complexity index is 1570. The second kappa shape index (κ2) is 12.8. The van der Waals surface area contributed by atoms with Crippen molar-refractivity contribution in [3.8, 4) is 17.6 Å². The molecule has 11 heteroatoms. The number of hydrogen-bond donors (Lipinski definition) is 4. The minimum absolute atomic E-state index is 0.0548. The Labute approximate surface area is 245 Å². The largest absolute Gasteiger partial charge is 0.504 e. The first kappa shape index (κ1) is 28.9. The molecule has 204 valence electrons. The number of phenols is 1. The number of methoxy groups -OCH3 is 1. The van der Waals surface area contributed by atoms with Gasteiger partial charge in [0.1, 0.15) is 0 Å². The van der Waals surface area contributed by atoms with E-state index in [1.165, 1.54) is 13.2 Å². The summed E-state index contributed by atoms with van der Waals surface area (Å²) in [5.41, 5.74) is 2.57. The summed E-state index contributed by atoms with van der Waals surface area (Å²) in [6.45, 7) is 1.73. The minimum Gasteiger partial charge on any atom is -0.504 e. The van der Waals surface area contributed by atoms with Crippen molar-refractivity contribution < 1.29 is 19.4 Å². The summed E-state index contributed by atoms with van der Waals surface area (Å²) in [5, 5.41) is 30.4. The molecule has 1 aliphatic heterocycles. The number of phenolic OH excluding ortho intramolecular Hbond substituents is 1. The number of hydrogen-bond acceptors (Lipinski definition) is 7. The molecule has 0 spiro atoms. The highest BCUT2D eigenvalue weighted by Crippen LogP contribution is 2.43. The first-order valence-corrected chi connectivity index (χ1v) is 13.7. The van der Waals surface area contributed by atoms with Crippen molar-refractivity contribution in [1.29, 1.82) is 5.26 Å². The number of amides is 2. The van der Waals surface area contributed by atoms with E-state index in [0.717, 1.165) is 11.8 Å². The van der Waals surface area contributed by atoms with Crippen LogP contribution in [-0.4, -0.2) is 29.8 Å². The first-order chi connectivity index (χ1) is 19.2. The maximum Gasteiger partial charge on any atom is 0.254 e. The monoisotopic (exact) mass is 594 g/mol. The Kier molecular flexibility index (Phi) is 9.27. The number of halogens is 2. The quantitative estimate of drug-likeness (QED) is 0.237. The lowest BCUT2D eigenvalue weighted by Crippen LogP contribution is -2.31. The molecule has 0 fully saturated rings. The smallest absolute Gasteiger partial charge is 0.254 e. The summed E-state index contributed by atoms with van der Waals surface area (Å²) in [7, 11) is 1.42.